The van der Waals surface area contributed by atoms with Gasteiger partial charge in [0.1, 0.15) is 11.4 Å². The number of anilines is 1. The maximum absolute atomic E-state index is 12.9. The van der Waals surface area contributed by atoms with Crippen molar-refractivity contribution < 1.29 is 19.0 Å². The van der Waals surface area contributed by atoms with Crippen LogP contribution in [0.25, 0.3) is 0 Å². The van der Waals surface area contributed by atoms with Crippen molar-refractivity contribution in [2.24, 2.45) is 0 Å². The lowest BCUT2D eigenvalue weighted by atomic mass is 10.0. The van der Waals surface area contributed by atoms with Crippen molar-refractivity contribution in [2.75, 3.05) is 51.3 Å². The van der Waals surface area contributed by atoms with Crippen LogP contribution in [0.4, 0.5) is 10.5 Å². The molecule has 0 saturated carbocycles. The highest BCUT2D eigenvalue weighted by Gasteiger charge is 2.39. The Balaban J connectivity index is 1.45. The molecular formula is C21H25N3O4. The molecule has 4 rings (SSSR count). The van der Waals surface area contributed by atoms with Crippen LogP contribution in [0.1, 0.15) is 0 Å². The number of hydrogen-bond acceptors (Lipinski definition) is 5. The van der Waals surface area contributed by atoms with Crippen LogP contribution in [-0.4, -0.2) is 62.5 Å². The van der Waals surface area contributed by atoms with E-state index in [2.05, 4.69) is 10.6 Å². The molecule has 1 atom stereocenters. The van der Waals surface area contributed by atoms with Gasteiger partial charge >= 0.3 is 6.03 Å². The summed E-state index contributed by atoms with van der Waals surface area (Å²) in [7, 11) is 0. The molecule has 2 aromatic rings. The smallest absolute Gasteiger partial charge is 0.322 e. The molecule has 28 heavy (non-hydrogen) atoms. The van der Waals surface area contributed by atoms with E-state index in [-0.39, 0.29) is 6.03 Å². The summed E-state index contributed by atoms with van der Waals surface area (Å²) in [6.45, 7) is 4.11. The first-order valence-corrected chi connectivity index (χ1v) is 9.54. The van der Waals surface area contributed by atoms with E-state index in [1.165, 1.54) is 0 Å². The quantitative estimate of drug-likeness (QED) is 0.853. The first-order chi connectivity index (χ1) is 13.7. The zero-order valence-corrected chi connectivity index (χ0v) is 15.7. The highest BCUT2D eigenvalue weighted by molar-refractivity contribution is 5.91. The Morgan fingerprint density at radius 1 is 1.11 bits per heavy atom. The highest BCUT2D eigenvalue weighted by atomic mass is 16.5. The molecule has 2 fully saturated rings. The Morgan fingerprint density at radius 3 is 2.82 bits per heavy atom. The number of hydrogen-bond donors (Lipinski definition) is 2. The number of ether oxygens (including phenoxy) is 3. The van der Waals surface area contributed by atoms with Crippen molar-refractivity contribution in [2.45, 2.75) is 5.60 Å². The number of urea groups is 1. The fraction of sp³-hybridized carbons (Fsp3) is 0.381. The molecule has 7 nitrogen and oxygen atoms in total. The van der Waals surface area contributed by atoms with E-state index in [9.17, 15) is 4.79 Å². The van der Waals surface area contributed by atoms with Crippen molar-refractivity contribution in [3.8, 4) is 11.5 Å². The van der Waals surface area contributed by atoms with E-state index in [0.29, 0.717) is 50.9 Å². The van der Waals surface area contributed by atoms with Crippen molar-refractivity contribution in [1.82, 2.24) is 10.2 Å². The maximum atomic E-state index is 12.9. The predicted octanol–water partition coefficient (Wildman–Crippen LogP) is 2.70. The summed E-state index contributed by atoms with van der Waals surface area (Å²) in [5.41, 5.74) is 0.138. The van der Waals surface area contributed by atoms with Gasteiger partial charge in [0.2, 0.25) is 0 Å². The lowest BCUT2D eigenvalue weighted by molar-refractivity contribution is -0.123. The number of rotatable bonds is 3. The summed E-state index contributed by atoms with van der Waals surface area (Å²) in [5, 5.41) is 6.31. The topological polar surface area (TPSA) is 72.1 Å². The van der Waals surface area contributed by atoms with Crippen LogP contribution in [0.15, 0.2) is 54.6 Å². The minimum Gasteiger partial charge on any atom is -0.455 e. The van der Waals surface area contributed by atoms with Gasteiger partial charge in [0.15, 0.2) is 5.75 Å². The Hall–Kier alpha value is -2.61. The van der Waals surface area contributed by atoms with Gasteiger partial charge in [0.25, 0.3) is 0 Å². The molecule has 2 amide bonds. The number of morpholine rings is 1. The predicted molar refractivity (Wildman–Crippen MR) is 106 cm³/mol. The molecule has 1 spiro atoms. The largest absolute Gasteiger partial charge is 0.455 e. The molecule has 2 aromatic carbocycles. The second-order valence-corrected chi connectivity index (χ2v) is 7.02. The van der Waals surface area contributed by atoms with Crippen LogP contribution in [0.3, 0.4) is 0 Å². The van der Waals surface area contributed by atoms with E-state index in [1.807, 2.05) is 54.6 Å². The first kappa shape index (κ1) is 18.7. The molecule has 148 valence electrons. The lowest BCUT2D eigenvalue weighted by Gasteiger charge is -2.41. The Morgan fingerprint density at radius 2 is 1.93 bits per heavy atom. The van der Waals surface area contributed by atoms with Crippen LogP contribution in [-0.2, 0) is 9.47 Å². The summed E-state index contributed by atoms with van der Waals surface area (Å²) in [6.07, 6.45) is 0. The van der Waals surface area contributed by atoms with Gasteiger partial charge in [-0.25, -0.2) is 4.79 Å². The van der Waals surface area contributed by atoms with Gasteiger partial charge in [-0.05, 0) is 24.3 Å². The molecule has 2 saturated heterocycles. The number of nitrogens with zero attached hydrogens (tertiary/aromatic N) is 1. The Bertz CT molecular complexity index is 791. The molecule has 2 aliphatic heterocycles. The van der Waals surface area contributed by atoms with Gasteiger partial charge in [0, 0.05) is 19.6 Å². The zero-order valence-electron chi connectivity index (χ0n) is 15.7. The van der Waals surface area contributed by atoms with Crippen molar-refractivity contribution in [3.63, 3.8) is 0 Å². The third kappa shape index (κ3) is 4.44. The van der Waals surface area contributed by atoms with Gasteiger partial charge in [-0.3, -0.25) is 0 Å². The number of amides is 2. The summed E-state index contributed by atoms with van der Waals surface area (Å²) >= 11 is 0. The number of nitrogens with one attached hydrogen (secondary N) is 2. The third-order valence-corrected chi connectivity index (χ3v) is 4.87. The second-order valence-electron chi connectivity index (χ2n) is 7.02. The van der Waals surface area contributed by atoms with E-state index < -0.39 is 5.60 Å². The fourth-order valence-electron chi connectivity index (χ4n) is 3.45. The molecular weight excluding hydrogens is 358 g/mol. The van der Waals surface area contributed by atoms with Crippen LogP contribution in [0.5, 0.6) is 11.5 Å². The minimum atomic E-state index is -0.494. The van der Waals surface area contributed by atoms with E-state index in [0.717, 1.165) is 12.3 Å². The number of benzene rings is 2. The molecule has 0 aliphatic carbocycles. The normalized spacial score (nSPS) is 22.5. The van der Waals surface area contributed by atoms with Gasteiger partial charge in [0.05, 0.1) is 32.1 Å². The average Bonchev–Trinajstić information content (AvgIpc) is 2.95. The van der Waals surface area contributed by atoms with E-state index in [4.69, 9.17) is 14.2 Å². The van der Waals surface area contributed by atoms with E-state index >= 15 is 0 Å². The standard InChI is InChI=1S/C21H25N3O4/c25-20(24-11-13-27-21(15-24)14-22-10-12-26-16-21)23-18-8-4-5-9-19(18)28-17-6-2-1-3-7-17/h1-9,22H,10-16H2,(H,23,25)/t21-/m0/s1. The average molecular weight is 383 g/mol. The lowest BCUT2D eigenvalue weighted by Crippen LogP contribution is -2.60. The van der Waals surface area contributed by atoms with Crippen molar-refractivity contribution >= 4 is 11.7 Å². The van der Waals surface area contributed by atoms with Crippen LogP contribution >= 0.6 is 0 Å². The maximum Gasteiger partial charge on any atom is 0.322 e. The fourth-order valence-corrected chi connectivity index (χ4v) is 3.45. The monoisotopic (exact) mass is 383 g/mol. The van der Waals surface area contributed by atoms with Gasteiger partial charge in [-0.15, -0.1) is 0 Å². The molecule has 2 heterocycles. The van der Waals surface area contributed by atoms with Gasteiger partial charge < -0.3 is 29.7 Å². The van der Waals surface area contributed by atoms with Crippen molar-refractivity contribution in [3.05, 3.63) is 54.6 Å². The van der Waals surface area contributed by atoms with Crippen molar-refractivity contribution in [1.29, 1.82) is 0 Å². The number of carbonyl (C=O) groups excluding carboxylic acids is 1. The molecule has 7 heteroatoms. The van der Waals surface area contributed by atoms with Gasteiger partial charge in [-0.1, -0.05) is 30.3 Å². The highest BCUT2D eigenvalue weighted by Crippen LogP contribution is 2.30. The summed E-state index contributed by atoms with van der Waals surface area (Å²) in [5.74, 6) is 1.32. The SMILES string of the molecule is O=C(Nc1ccccc1Oc1ccccc1)N1CCO[C@@]2(CNCCOC2)C1. The molecule has 0 unspecified atom stereocenters. The number of carbonyl (C=O) groups is 1. The van der Waals surface area contributed by atoms with Crippen LogP contribution in [0.2, 0.25) is 0 Å². The molecule has 2 aliphatic rings. The molecule has 0 radical (unpaired) electrons. The van der Waals surface area contributed by atoms with Crippen LogP contribution < -0.4 is 15.4 Å². The van der Waals surface area contributed by atoms with E-state index in [1.54, 1.807) is 4.90 Å². The molecule has 2 N–H and O–H groups in total. The van der Waals surface area contributed by atoms with Crippen LogP contribution in [0, 0.1) is 0 Å². The van der Waals surface area contributed by atoms with Gasteiger partial charge in [-0.2, -0.15) is 0 Å². The Kier molecular flexibility index (Phi) is 5.76. The second kappa shape index (κ2) is 8.60. The molecule has 0 bridgehead atoms. The summed E-state index contributed by atoms with van der Waals surface area (Å²) < 4.78 is 17.6. The zero-order chi connectivity index (χ0) is 19.2. The third-order valence-electron chi connectivity index (χ3n) is 4.87. The minimum absolute atomic E-state index is 0.170. The summed E-state index contributed by atoms with van der Waals surface area (Å²) in [4.78, 5) is 14.7. The first-order valence-electron chi connectivity index (χ1n) is 9.54. The number of para-hydroxylation sites is 3. The summed E-state index contributed by atoms with van der Waals surface area (Å²) in [6, 6.07) is 16.8. The Labute approximate surface area is 164 Å². The molecule has 0 aromatic heterocycles.